The molecule has 1 aliphatic heterocycles. The number of aromatic nitrogens is 3. The Balaban J connectivity index is 1.55. The molecule has 3 aromatic rings. The van der Waals surface area contributed by atoms with Crippen molar-refractivity contribution in [1.82, 2.24) is 14.5 Å². The summed E-state index contributed by atoms with van der Waals surface area (Å²) in [7, 11) is 0. The van der Waals surface area contributed by atoms with Gasteiger partial charge in [0.05, 0.1) is 5.52 Å². The maximum absolute atomic E-state index is 6.16. The lowest BCUT2D eigenvalue weighted by Gasteiger charge is -2.33. The number of nitrogens with zero attached hydrogens (tertiary/aromatic N) is 4. The molecule has 0 aliphatic carbocycles. The number of hydrogen-bond acceptors (Lipinski definition) is 3. The highest BCUT2D eigenvalue weighted by atomic mass is 35.5. The number of fused-ring (bicyclic) bond motifs is 1. The van der Waals surface area contributed by atoms with Gasteiger partial charge in [0.25, 0.3) is 0 Å². The highest BCUT2D eigenvalue weighted by Gasteiger charge is 2.25. The first-order valence-corrected chi connectivity index (χ1v) is 9.75. The Morgan fingerprint density at radius 2 is 1.92 bits per heavy atom. The molecule has 3 heterocycles. The number of benzene rings is 1. The number of piperidine rings is 1. The van der Waals surface area contributed by atoms with Crippen molar-refractivity contribution >= 4 is 28.3 Å². The minimum Gasteiger partial charge on any atom is -0.357 e. The fraction of sp³-hybridized carbons (Fsp3) is 0.429. The number of hydrogen-bond donors (Lipinski definition) is 0. The van der Waals surface area contributed by atoms with E-state index in [1.165, 1.54) is 16.8 Å². The largest absolute Gasteiger partial charge is 0.357 e. The number of imidazole rings is 1. The summed E-state index contributed by atoms with van der Waals surface area (Å²) in [5.41, 5.74) is 2.23. The van der Waals surface area contributed by atoms with E-state index >= 15 is 0 Å². The summed E-state index contributed by atoms with van der Waals surface area (Å²) < 4.78 is 2.31. The third kappa shape index (κ3) is 3.18. The van der Waals surface area contributed by atoms with Crippen LogP contribution in [0.1, 0.15) is 50.0 Å². The summed E-state index contributed by atoms with van der Waals surface area (Å²) in [6, 6.07) is 8.60. The molecule has 1 fully saturated rings. The van der Waals surface area contributed by atoms with E-state index in [1.807, 2.05) is 18.3 Å². The quantitative estimate of drug-likeness (QED) is 0.624. The van der Waals surface area contributed by atoms with Gasteiger partial charge in [-0.05, 0) is 57.4 Å². The number of rotatable bonds is 3. The lowest BCUT2D eigenvalue weighted by molar-refractivity contribution is 0.448. The van der Waals surface area contributed by atoms with Crippen molar-refractivity contribution in [1.29, 1.82) is 0 Å². The van der Waals surface area contributed by atoms with Crippen LogP contribution in [0.2, 0.25) is 5.02 Å². The van der Waals surface area contributed by atoms with Gasteiger partial charge in [-0.15, -0.1) is 0 Å². The third-order valence-corrected chi connectivity index (χ3v) is 5.64. The molecule has 26 heavy (non-hydrogen) atoms. The van der Waals surface area contributed by atoms with Crippen LogP contribution in [-0.2, 0) is 0 Å². The van der Waals surface area contributed by atoms with Crippen LogP contribution in [0.15, 0.2) is 36.7 Å². The molecule has 0 radical (unpaired) electrons. The number of halogens is 1. The Bertz CT molecular complexity index is 923. The summed E-state index contributed by atoms with van der Waals surface area (Å²) >= 11 is 6.16. The van der Waals surface area contributed by atoms with Gasteiger partial charge in [-0.2, -0.15) is 0 Å². The average Bonchev–Trinajstić information content (AvgIpc) is 3.11. The van der Waals surface area contributed by atoms with E-state index in [0.717, 1.165) is 42.3 Å². The Morgan fingerprint density at radius 3 is 2.65 bits per heavy atom. The molecule has 1 aromatic carbocycles. The SMILES string of the molecule is Cc1cc(N2CCC(c3nccn3C(C)C)CC2)nc2cc(Cl)ccc12. The zero-order valence-electron chi connectivity index (χ0n) is 15.6. The predicted molar refractivity (Wildman–Crippen MR) is 108 cm³/mol. The second-order valence-electron chi connectivity index (χ2n) is 7.51. The predicted octanol–water partition coefficient (Wildman–Crippen LogP) is 5.36. The second kappa shape index (κ2) is 6.92. The number of pyridine rings is 1. The zero-order chi connectivity index (χ0) is 18.3. The lowest BCUT2D eigenvalue weighted by atomic mass is 9.95. The smallest absolute Gasteiger partial charge is 0.129 e. The van der Waals surface area contributed by atoms with E-state index in [2.05, 4.69) is 53.6 Å². The minimum atomic E-state index is 0.458. The summed E-state index contributed by atoms with van der Waals surface area (Å²) in [5, 5.41) is 1.91. The topological polar surface area (TPSA) is 34.0 Å². The number of aryl methyl sites for hydroxylation is 1. The van der Waals surface area contributed by atoms with Crippen molar-refractivity contribution < 1.29 is 0 Å². The summed E-state index contributed by atoms with van der Waals surface area (Å²) in [6.45, 7) is 8.59. The van der Waals surface area contributed by atoms with Crippen LogP contribution in [0.4, 0.5) is 5.82 Å². The van der Waals surface area contributed by atoms with Crippen LogP contribution >= 0.6 is 11.6 Å². The normalized spacial score (nSPS) is 16.0. The summed E-state index contributed by atoms with van der Waals surface area (Å²) in [6.07, 6.45) is 6.25. The molecular formula is C21H25ClN4. The lowest BCUT2D eigenvalue weighted by Crippen LogP contribution is -2.34. The van der Waals surface area contributed by atoms with Crippen molar-refractivity contribution in [2.45, 2.75) is 45.6 Å². The molecule has 1 saturated heterocycles. The Hall–Kier alpha value is -2.07. The number of anilines is 1. The first-order chi connectivity index (χ1) is 12.5. The molecule has 2 aromatic heterocycles. The fourth-order valence-electron chi connectivity index (χ4n) is 3.96. The highest BCUT2D eigenvalue weighted by Crippen LogP contribution is 2.32. The Morgan fingerprint density at radius 1 is 1.15 bits per heavy atom. The Kier molecular flexibility index (Phi) is 4.62. The van der Waals surface area contributed by atoms with Gasteiger partial charge >= 0.3 is 0 Å². The van der Waals surface area contributed by atoms with Gasteiger partial charge in [-0.3, -0.25) is 0 Å². The molecule has 4 rings (SSSR count). The first-order valence-electron chi connectivity index (χ1n) is 9.37. The van der Waals surface area contributed by atoms with Gasteiger partial charge in [0, 0.05) is 47.9 Å². The highest BCUT2D eigenvalue weighted by molar-refractivity contribution is 6.31. The molecule has 0 saturated carbocycles. The van der Waals surface area contributed by atoms with Crippen LogP contribution in [0.3, 0.4) is 0 Å². The molecule has 0 unspecified atom stereocenters. The van der Waals surface area contributed by atoms with Gasteiger partial charge in [0.1, 0.15) is 11.6 Å². The van der Waals surface area contributed by atoms with Gasteiger partial charge in [0.2, 0.25) is 0 Å². The summed E-state index contributed by atoms with van der Waals surface area (Å²) in [4.78, 5) is 11.9. The molecule has 5 heteroatoms. The van der Waals surface area contributed by atoms with Crippen molar-refractivity contribution in [3.8, 4) is 0 Å². The van der Waals surface area contributed by atoms with Crippen LogP contribution in [0.5, 0.6) is 0 Å². The van der Waals surface area contributed by atoms with E-state index in [9.17, 15) is 0 Å². The fourth-order valence-corrected chi connectivity index (χ4v) is 4.13. The van der Waals surface area contributed by atoms with Crippen molar-refractivity contribution in [2.75, 3.05) is 18.0 Å². The molecule has 0 bridgehead atoms. The van der Waals surface area contributed by atoms with E-state index in [0.29, 0.717) is 12.0 Å². The monoisotopic (exact) mass is 368 g/mol. The second-order valence-corrected chi connectivity index (χ2v) is 7.94. The Labute approximate surface area is 159 Å². The van der Waals surface area contributed by atoms with Crippen LogP contribution in [-0.4, -0.2) is 27.6 Å². The molecule has 0 spiro atoms. The van der Waals surface area contributed by atoms with E-state index in [-0.39, 0.29) is 0 Å². The molecule has 4 nitrogen and oxygen atoms in total. The molecule has 0 atom stereocenters. The van der Waals surface area contributed by atoms with E-state index in [1.54, 1.807) is 0 Å². The van der Waals surface area contributed by atoms with Gasteiger partial charge in [-0.25, -0.2) is 9.97 Å². The van der Waals surface area contributed by atoms with Gasteiger partial charge in [-0.1, -0.05) is 17.7 Å². The summed E-state index contributed by atoms with van der Waals surface area (Å²) in [5.74, 6) is 2.82. The molecular weight excluding hydrogens is 344 g/mol. The van der Waals surface area contributed by atoms with E-state index < -0.39 is 0 Å². The third-order valence-electron chi connectivity index (χ3n) is 5.40. The van der Waals surface area contributed by atoms with Crippen molar-refractivity contribution in [3.05, 3.63) is 53.1 Å². The van der Waals surface area contributed by atoms with Gasteiger partial charge in [0.15, 0.2) is 0 Å². The van der Waals surface area contributed by atoms with Gasteiger partial charge < -0.3 is 9.47 Å². The molecule has 1 aliphatic rings. The molecule has 136 valence electrons. The van der Waals surface area contributed by atoms with E-state index in [4.69, 9.17) is 16.6 Å². The maximum atomic E-state index is 6.16. The average molecular weight is 369 g/mol. The zero-order valence-corrected chi connectivity index (χ0v) is 16.4. The standard InChI is InChI=1S/C21H25ClN4/c1-14(2)26-11-8-23-21(26)16-6-9-25(10-7-16)20-12-15(3)18-5-4-17(22)13-19(18)24-20/h4-5,8,11-14,16H,6-7,9-10H2,1-3H3. The molecule has 0 amide bonds. The molecule has 0 N–H and O–H groups in total. The minimum absolute atomic E-state index is 0.458. The first kappa shape index (κ1) is 17.3. The van der Waals surface area contributed by atoms with Crippen LogP contribution < -0.4 is 4.90 Å². The van der Waals surface area contributed by atoms with Crippen LogP contribution in [0.25, 0.3) is 10.9 Å². The van der Waals surface area contributed by atoms with Crippen molar-refractivity contribution in [2.24, 2.45) is 0 Å². The van der Waals surface area contributed by atoms with Crippen molar-refractivity contribution in [3.63, 3.8) is 0 Å². The van der Waals surface area contributed by atoms with Crippen LogP contribution in [0, 0.1) is 6.92 Å². The maximum Gasteiger partial charge on any atom is 0.129 e.